The van der Waals surface area contributed by atoms with Gasteiger partial charge in [0, 0.05) is 0 Å². The van der Waals surface area contributed by atoms with Crippen molar-refractivity contribution in [2.75, 3.05) is 6.61 Å². The summed E-state index contributed by atoms with van der Waals surface area (Å²) < 4.78 is 42.8. The van der Waals surface area contributed by atoms with Gasteiger partial charge in [0.05, 0.1) is 6.61 Å². The van der Waals surface area contributed by atoms with E-state index in [9.17, 15) is 18.0 Å². The molecule has 0 bridgehead atoms. The molecule has 1 rings (SSSR count). The molecule has 124 valence electrons. The molecule has 0 spiro atoms. The van der Waals surface area contributed by atoms with Crippen LogP contribution in [-0.2, 0) is 22.3 Å². The van der Waals surface area contributed by atoms with Crippen molar-refractivity contribution in [1.82, 2.24) is 0 Å². The van der Waals surface area contributed by atoms with Crippen molar-refractivity contribution in [3.63, 3.8) is 0 Å². The quantitative estimate of drug-likeness (QED) is 0.498. The molecular formula is C16H21F3O3. The number of hydrogen-bond acceptors (Lipinski definition) is 3. The summed E-state index contributed by atoms with van der Waals surface area (Å²) in [7, 11) is 0. The van der Waals surface area contributed by atoms with Gasteiger partial charge in [0.25, 0.3) is 0 Å². The van der Waals surface area contributed by atoms with Crippen molar-refractivity contribution in [2.45, 2.75) is 51.8 Å². The number of unbranched alkanes of at least 4 members (excludes halogenated alkanes) is 2. The average molecular weight is 318 g/mol. The zero-order valence-corrected chi connectivity index (χ0v) is 12.6. The lowest BCUT2D eigenvalue weighted by Gasteiger charge is -2.10. The molecule has 0 aromatic heterocycles. The van der Waals surface area contributed by atoms with Gasteiger partial charge in [0.1, 0.15) is 0 Å². The Morgan fingerprint density at radius 2 is 1.64 bits per heavy atom. The Bertz CT molecular complexity index is 458. The van der Waals surface area contributed by atoms with Gasteiger partial charge in [0.15, 0.2) is 0 Å². The lowest BCUT2D eigenvalue weighted by Crippen LogP contribution is -2.20. The molecule has 0 fully saturated rings. The van der Waals surface area contributed by atoms with E-state index in [1.54, 1.807) is 0 Å². The van der Waals surface area contributed by atoms with Crippen molar-refractivity contribution in [3.8, 4) is 0 Å². The van der Waals surface area contributed by atoms with E-state index in [4.69, 9.17) is 0 Å². The largest absolute Gasteiger partial charge is 0.577 e. The van der Waals surface area contributed by atoms with Crippen LogP contribution in [-0.4, -0.2) is 19.1 Å². The monoisotopic (exact) mass is 318 g/mol. The smallest absolute Gasteiger partial charge is 0.434 e. The van der Waals surface area contributed by atoms with E-state index in [0.29, 0.717) is 12.8 Å². The third kappa shape index (κ3) is 7.90. The zero-order chi connectivity index (χ0) is 16.4. The number of carbonyl (C=O) groups is 1. The fourth-order valence-electron chi connectivity index (χ4n) is 2.15. The average Bonchev–Trinajstić information content (AvgIpc) is 2.43. The minimum absolute atomic E-state index is 0.0990. The SMILES string of the molecule is CCCCCc1ccccc1CCCOC(=O)OC(F)(F)F. The summed E-state index contributed by atoms with van der Waals surface area (Å²) in [5.41, 5.74) is 2.39. The highest BCUT2D eigenvalue weighted by atomic mass is 19.4. The molecule has 0 aliphatic heterocycles. The summed E-state index contributed by atoms with van der Waals surface area (Å²) in [6.07, 6.45) is -1.17. The topological polar surface area (TPSA) is 35.5 Å². The lowest BCUT2D eigenvalue weighted by atomic mass is 9.98. The molecule has 0 saturated heterocycles. The van der Waals surface area contributed by atoms with E-state index < -0.39 is 12.5 Å². The molecule has 0 amide bonds. The Kier molecular flexibility index (Phi) is 7.77. The summed E-state index contributed by atoms with van der Waals surface area (Å²) in [6.45, 7) is 2.04. The molecule has 0 saturated carbocycles. The fourth-order valence-corrected chi connectivity index (χ4v) is 2.15. The Morgan fingerprint density at radius 1 is 1.05 bits per heavy atom. The number of benzene rings is 1. The Hall–Kier alpha value is -1.72. The van der Waals surface area contributed by atoms with E-state index in [1.165, 1.54) is 12.0 Å². The summed E-state index contributed by atoms with van der Waals surface area (Å²) in [5, 5.41) is 0. The number of alkyl halides is 3. The first-order valence-electron chi connectivity index (χ1n) is 7.41. The number of halogens is 3. The minimum atomic E-state index is -5.00. The van der Waals surface area contributed by atoms with Crippen molar-refractivity contribution in [3.05, 3.63) is 35.4 Å². The van der Waals surface area contributed by atoms with Gasteiger partial charge in [0.2, 0.25) is 0 Å². The second-order valence-corrected chi connectivity index (χ2v) is 4.98. The highest BCUT2D eigenvalue weighted by Gasteiger charge is 2.34. The third-order valence-corrected chi connectivity index (χ3v) is 3.18. The molecule has 22 heavy (non-hydrogen) atoms. The molecule has 0 radical (unpaired) electrons. The Balaban J connectivity index is 2.34. The first-order valence-corrected chi connectivity index (χ1v) is 7.41. The van der Waals surface area contributed by atoms with Gasteiger partial charge in [-0.15, -0.1) is 13.2 Å². The van der Waals surface area contributed by atoms with Crippen LogP contribution in [0.25, 0.3) is 0 Å². The summed E-state index contributed by atoms with van der Waals surface area (Å²) in [6, 6.07) is 7.96. The minimum Gasteiger partial charge on any atom is -0.434 e. The van der Waals surface area contributed by atoms with Crippen LogP contribution in [0.2, 0.25) is 0 Å². The standard InChI is InChI=1S/C16H21F3O3/c1-2-3-4-8-13-9-5-6-10-14(13)11-7-12-21-15(20)22-16(17,18)19/h5-6,9-10H,2-4,7-8,11-12H2,1H3. The van der Waals surface area contributed by atoms with Crippen LogP contribution >= 0.6 is 0 Å². The van der Waals surface area contributed by atoms with Crippen molar-refractivity contribution in [2.24, 2.45) is 0 Å². The van der Waals surface area contributed by atoms with Crippen LogP contribution in [0.1, 0.15) is 43.7 Å². The van der Waals surface area contributed by atoms with Gasteiger partial charge in [-0.25, -0.2) is 4.79 Å². The number of carbonyl (C=O) groups excluding carboxylic acids is 1. The van der Waals surface area contributed by atoms with Gasteiger partial charge < -0.3 is 9.47 Å². The van der Waals surface area contributed by atoms with Gasteiger partial charge in [-0.2, -0.15) is 0 Å². The molecule has 0 heterocycles. The zero-order valence-electron chi connectivity index (χ0n) is 12.6. The predicted molar refractivity (Wildman–Crippen MR) is 76.5 cm³/mol. The number of rotatable bonds is 8. The maximum absolute atomic E-state index is 11.8. The first kappa shape index (κ1) is 18.3. The second-order valence-electron chi connectivity index (χ2n) is 4.98. The molecular weight excluding hydrogens is 297 g/mol. The normalized spacial score (nSPS) is 11.3. The van der Waals surface area contributed by atoms with Crippen molar-refractivity contribution < 1.29 is 27.4 Å². The molecule has 0 atom stereocenters. The molecule has 0 unspecified atom stereocenters. The molecule has 0 aliphatic carbocycles. The Morgan fingerprint density at radius 3 is 2.18 bits per heavy atom. The van der Waals surface area contributed by atoms with Gasteiger partial charge in [-0.3, -0.25) is 0 Å². The van der Waals surface area contributed by atoms with Gasteiger partial charge >= 0.3 is 12.5 Å². The summed E-state index contributed by atoms with van der Waals surface area (Å²) in [5.74, 6) is 0. The molecule has 3 nitrogen and oxygen atoms in total. The Labute approximate surface area is 128 Å². The molecule has 1 aromatic carbocycles. The number of hydrogen-bond donors (Lipinski definition) is 0. The van der Waals surface area contributed by atoms with Crippen molar-refractivity contribution in [1.29, 1.82) is 0 Å². The van der Waals surface area contributed by atoms with Crippen molar-refractivity contribution >= 4 is 6.16 Å². The van der Waals surface area contributed by atoms with E-state index in [0.717, 1.165) is 24.8 Å². The highest BCUT2D eigenvalue weighted by molar-refractivity contribution is 5.59. The van der Waals surface area contributed by atoms with Crippen LogP contribution in [0.3, 0.4) is 0 Å². The molecule has 1 aromatic rings. The highest BCUT2D eigenvalue weighted by Crippen LogP contribution is 2.17. The number of aryl methyl sites for hydroxylation is 2. The van der Waals surface area contributed by atoms with Crippen LogP contribution < -0.4 is 0 Å². The third-order valence-electron chi connectivity index (χ3n) is 3.18. The van der Waals surface area contributed by atoms with E-state index in [1.807, 2.05) is 18.2 Å². The van der Waals surface area contributed by atoms with Crippen LogP contribution in [0.4, 0.5) is 18.0 Å². The van der Waals surface area contributed by atoms with Crippen LogP contribution in [0.15, 0.2) is 24.3 Å². The fraction of sp³-hybridized carbons (Fsp3) is 0.562. The first-order chi connectivity index (χ1) is 10.4. The molecule has 6 heteroatoms. The molecule has 0 aliphatic rings. The van der Waals surface area contributed by atoms with E-state index in [2.05, 4.69) is 22.5 Å². The van der Waals surface area contributed by atoms with Crippen LogP contribution in [0, 0.1) is 0 Å². The maximum atomic E-state index is 11.8. The summed E-state index contributed by atoms with van der Waals surface area (Å²) in [4.78, 5) is 10.7. The second kappa shape index (κ2) is 9.33. The van der Waals surface area contributed by atoms with Gasteiger partial charge in [-0.1, -0.05) is 44.0 Å². The maximum Gasteiger partial charge on any atom is 0.577 e. The van der Waals surface area contributed by atoms with Gasteiger partial charge in [-0.05, 0) is 36.8 Å². The number of ether oxygens (including phenoxy) is 2. The van der Waals surface area contributed by atoms with Crippen LogP contribution in [0.5, 0.6) is 0 Å². The predicted octanol–water partition coefficient (Wildman–Crippen LogP) is 5.02. The lowest BCUT2D eigenvalue weighted by molar-refractivity contribution is -0.299. The van der Waals surface area contributed by atoms with E-state index in [-0.39, 0.29) is 6.61 Å². The molecule has 0 N–H and O–H groups in total. The van der Waals surface area contributed by atoms with E-state index >= 15 is 0 Å². The summed E-state index contributed by atoms with van der Waals surface area (Å²) >= 11 is 0.